The first-order chi connectivity index (χ1) is 28.6. The number of nitrogens with one attached hydrogen (secondary N) is 2. The fraction of sp³-hybridized carbons (Fsp3) is 0.651. The molecular weight excluding hydrogens is 817 g/mol. The molecule has 2 aliphatic carbocycles. The van der Waals surface area contributed by atoms with Gasteiger partial charge in [0.1, 0.15) is 17.3 Å². The van der Waals surface area contributed by atoms with E-state index in [1.807, 2.05) is 13.0 Å². The zero-order chi connectivity index (χ0) is 44.4. The number of rotatable bonds is 9. The van der Waals surface area contributed by atoms with Crippen molar-refractivity contribution >= 4 is 44.6 Å². The normalized spacial score (nSPS) is 31.2. The van der Waals surface area contributed by atoms with Crippen LogP contribution in [-0.4, -0.2) is 112 Å². The van der Waals surface area contributed by atoms with Gasteiger partial charge in [0.05, 0.1) is 25.0 Å². The van der Waals surface area contributed by atoms with E-state index in [4.69, 9.17) is 14.2 Å². The third-order valence-electron chi connectivity index (χ3n) is 13.5. The average Bonchev–Trinajstić information content (AvgIpc) is 4.11. The van der Waals surface area contributed by atoms with Crippen LogP contribution in [0.5, 0.6) is 17.5 Å². The quantitative estimate of drug-likeness (QED) is 0.266. The SMILES string of the molecule is CC[C@@H]1C[C@@H](C)CC/C=C\[C@@H]2C[C@@]2(C(=O)NS(=O)(=O)C2(C)CC2)NC(=O)[C@@H]2N(C[C@@](C)(Oc3nc4c(c5cc(OC)ccc35)CCCO4)C2(F)F)C(=O)[C@H]1N(C(=O)O)C(C)C. The fourth-order valence-corrected chi connectivity index (χ4v) is 10.6. The second-order valence-corrected chi connectivity index (χ2v) is 20.5. The third-order valence-corrected chi connectivity index (χ3v) is 15.7. The van der Waals surface area contributed by atoms with E-state index in [1.165, 1.54) is 14.0 Å². The Hall–Kier alpha value is -4.74. The Balaban J connectivity index is 1.36. The lowest BCUT2D eigenvalue weighted by atomic mass is 9.83. The highest BCUT2D eigenvalue weighted by Crippen LogP contribution is 2.51. The summed E-state index contributed by atoms with van der Waals surface area (Å²) in [5.74, 6) is -8.76. The number of aromatic nitrogens is 1. The summed E-state index contributed by atoms with van der Waals surface area (Å²) in [6.45, 7) is 8.93. The Morgan fingerprint density at radius 3 is 2.54 bits per heavy atom. The first-order valence-electron chi connectivity index (χ1n) is 21.2. The Morgan fingerprint density at radius 1 is 1.18 bits per heavy atom. The summed E-state index contributed by atoms with van der Waals surface area (Å²) in [7, 11) is -2.71. The van der Waals surface area contributed by atoms with E-state index in [1.54, 1.807) is 45.0 Å². The first kappa shape index (κ1) is 44.3. The number of nitrogens with zero attached hydrogens (tertiary/aromatic N) is 3. The number of benzene rings is 1. The van der Waals surface area contributed by atoms with Gasteiger partial charge in [-0.1, -0.05) is 32.4 Å². The summed E-state index contributed by atoms with van der Waals surface area (Å²) in [6.07, 6.45) is 5.71. The number of pyridine rings is 1. The van der Waals surface area contributed by atoms with Gasteiger partial charge in [-0.3, -0.25) is 24.0 Å². The summed E-state index contributed by atoms with van der Waals surface area (Å²) >= 11 is 0. The van der Waals surface area contributed by atoms with Crippen molar-refractivity contribution in [1.82, 2.24) is 24.8 Å². The van der Waals surface area contributed by atoms with Crippen LogP contribution in [0.2, 0.25) is 0 Å². The molecule has 15 nitrogen and oxygen atoms in total. The van der Waals surface area contributed by atoms with Gasteiger partial charge < -0.3 is 29.5 Å². The molecule has 2 aromatic rings. The number of allylic oxidation sites excluding steroid dienone is 1. The van der Waals surface area contributed by atoms with Crippen LogP contribution in [0.3, 0.4) is 0 Å². The molecule has 0 radical (unpaired) electrons. The molecule has 2 saturated carbocycles. The number of methoxy groups -OCH3 is 1. The van der Waals surface area contributed by atoms with E-state index in [0.717, 1.165) is 17.4 Å². The molecule has 0 unspecified atom stereocenters. The molecule has 4 heterocycles. The summed E-state index contributed by atoms with van der Waals surface area (Å²) in [4.78, 5) is 63.4. The van der Waals surface area contributed by atoms with Crippen LogP contribution in [0.15, 0.2) is 30.4 Å². The molecule has 0 spiro atoms. The van der Waals surface area contributed by atoms with Gasteiger partial charge in [-0.05, 0) is 114 Å². The fourth-order valence-electron chi connectivity index (χ4n) is 9.33. The van der Waals surface area contributed by atoms with Gasteiger partial charge in [0.25, 0.3) is 5.91 Å². The third kappa shape index (κ3) is 7.75. The predicted octanol–water partition coefficient (Wildman–Crippen LogP) is 5.58. The highest BCUT2D eigenvalue weighted by molar-refractivity contribution is 7.91. The number of amides is 4. The molecule has 3 fully saturated rings. The molecule has 18 heteroatoms. The molecule has 61 heavy (non-hydrogen) atoms. The average molecular weight is 874 g/mol. The van der Waals surface area contributed by atoms with Crippen molar-refractivity contribution in [3.05, 3.63) is 35.9 Å². The van der Waals surface area contributed by atoms with Crippen molar-refractivity contribution < 1.29 is 55.7 Å². The molecule has 7 rings (SSSR count). The van der Waals surface area contributed by atoms with Crippen LogP contribution in [-0.2, 0) is 30.8 Å². The van der Waals surface area contributed by atoms with Crippen LogP contribution < -0.4 is 24.2 Å². The molecule has 1 saturated heterocycles. The van der Waals surface area contributed by atoms with Gasteiger partial charge in [0.15, 0.2) is 11.6 Å². The molecule has 7 atom stereocenters. The summed E-state index contributed by atoms with van der Waals surface area (Å²) < 4.78 is 80.8. The highest BCUT2D eigenvalue weighted by atomic mass is 32.2. The van der Waals surface area contributed by atoms with Crippen molar-refractivity contribution in [3.8, 4) is 17.5 Å². The number of alkyl halides is 2. The molecule has 334 valence electrons. The van der Waals surface area contributed by atoms with E-state index in [9.17, 15) is 27.9 Å². The van der Waals surface area contributed by atoms with Crippen LogP contribution in [0.25, 0.3) is 10.8 Å². The number of aryl methyl sites for hydroxylation is 1. The summed E-state index contributed by atoms with van der Waals surface area (Å²) in [5.41, 5.74) is -3.88. The zero-order valence-corrected chi connectivity index (χ0v) is 36.6. The molecule has 1 aromatic heterocycles. The van der Waals surface area contributed by atoms with Gasteiger partial charge >= 0.3 is 12.0 Å². The van der Waals surface area contributed by atoms with Crippen LogP contribution in [0, 0.1) is 17.8 Å². The second-order valence-electron chi connectivity index (χ2n) is 18.3. The van der Waals surface area contributed by atoms with Gasteiger partial charge in [-0.25, -0.2) is 13.2 Å². The minimum Gasteiger partial charge on any atom is -0.497 e. The largest absolute Gasteiger partial charge is 0.497 e. The number of ether oxygens (including phenoxy) is 3. The van der Waals surface area contributed by atoms with Gasteiger partial charge in [0.2, 0.25) is 33.6 Å². The number of fused-ring (bicyclic) bond motifs is 5. The van der Waals surface area contributed by atoms with Crippen LogP contribution >= 0.6 is 0 Å². The van der Waals surface area contributed by atoms with E-state index >= 15 is 13.6 Å². The smallest absolute Gasteiger partial charge is 0.408 e. The van der Waals surface area contributed by atoms with Crippen LogP contribution in [0.4, 0.5) is 13.6 Å². The molecule has 3 N–H and O–H groups in total. The standard InChI is InChI=1S/C43H57F2N5O10S/c1-8-26-20-25(4)12-9-10-13-27-22-42(27,38(53)48-61(56,57)40(5)17-18-40)47-34(51)33-43(44,45)41(6,23-49(33)37(52)32(26)50(24(2)3)39(54)55)60-36-30-16-15-28(58-7)21-31(30)29-14-11-19-59-35(29)46-36/h10,13,15-16,21,24-27,32-33H,8-9,11-12,14,17-20,22-23H2,1-7H3,(H,47,51)(H,48,53)(H,54,55)/b13-10-/t25-,26+,27+,32-,33-,41+,42+/m0/s1. The maximum atomic E-state index is 17.8. The number of hydrogen-bond acceptors (Lipinski definition) is 10. The first-order valence-corrected chi connectivity index (χ1v) is 22.7. The zero-order valence-electron chi connectivity index (χ0n) is 35.8. The lowest BCUT2D eigenvalue weighted by molar-refractivity contribution is -0.163. The number of carbonyl (C=O) groups is 4. The number of carbonyl (C=O) groups excluding carboxylic acids is 3. The molecule has 3 aliphatic heterocycles. The van der Waals surface area contributed by atoms with E-state index in [-0.39, 0.29) is 24.1 Å². The molecule has 4 amide bonds. The summed E-state index contributed by atoms with van der Waals surface area (Å²) in [6, 6.07) is 0.0814. The number of carboxylic acid groups (broad SMARTS) is 1. The molecule has 0 bridgehead atoms. The van der Waals surface area contributed by atoms with E-state index in [2.05, 4.69) is 15.0 Å². The number of sulfonamides is 1. The summed E-state index contributed by atoms with van der Waals surface area (Å²) in [5, 5.41) is 14.0. The van der Waals surface area contributed by atoms with Crippen molar-refractivity contribution in [3.63, 3.8) is 0 Å². The molecule has 5 aliphatic rings. The van der Waals surface area contributed by atoms with E-state index < -0.39 is 92.2 Å². The van der Waals surface area contributed by atoms with Gasteiger partial charge in [0, 0.05) is 22.9 Å². The second kappa shape index (κ2) is 15.9. The molecular formula is C43H57F2N5O10S. The predicted molar refractivity (Wildman–Crippen MR) is 220 cm³/mol. The topological polar surface area (TPSA) is 194 Å². The number of hydrogen-bond donors (Lipinski definition) is 3. The molecule has 1 aromatic carbocycles. The maximum absolute atomic E-state index is 17.8. The lowest BCUT2D eigenvalue weighted by Crippen LogP contribution is -2.63. The number of halogens is 2. The van der Waals surface area contributed by atoms with Crippen molar-refractivity contribution in [1.29, 1.82) is 0 Å². The highest BCUT2D eigenvalue weighted by Gasteiger charge is 2.72. The minimum absolute atomic E-state index is 0.0529. The van der Waals surface area contributed by atoms with Crippen molar-refractivity contribution in [2.45, 2.75) is 139 Å². The Bertz CT molecular complexity index is 2250. The maximum Gasteiger partial charge on any atom is 0.408 e. The van der Waals surface area contributed by atoms with Gasteiger partial charge in [-0.15, -0.1) is 0 Å². The lowest BCUT2D eigenvalue weighted by Gasteiger charge is -2.40. The van der Waals surface area contributed by atoms with Crippen molar-refractivity contribution in [2.24, 2.45) is 17.8 Å². The van der Waals surface area contributed by atoms with E-state index in [0.29, 0.717) is 79.4 Å². The van der Waals surface area contributed by atoms with Crippen molar-refractivity contribution in [2.75, 3.05) is 20.3 Å². The Kier molecular flexibility index (Phi) is 11.5. The van der Waals surface area contributed by atoms with Crippen LogP contribution in [0.1, 0.15) is 98.5 Å². The monoisotopic (exact) mass is 873 g/mol. The Morgan fingerprint density at radius 2 is 1.90 bits per heavy atom. The minimum atomic E-state index is -4.23. The Labute approximate surface area is 355 Å². The van der Waals surface area contributed by atoms with Gasteiger partial charge in [-0.2, -0.15) is 13.8 Å².